The molecular weight excluding hydrogens is 322 g/mol. The van der Waals surface area contributed by atoms with Crippen molar-refractivity contribution in [3.63, 3.8) is 0 Å². The maximum Gasteiger partial charge on any atom is 0.152 e. The molecule has 136 valence electrons. The Hall–Kier alpha value is -2.20. The summed E-state index contributed by atoms with van der Waals surface area (Å²) in [5.74, 6) is 0.702. The average Bonchev–Trinajstić information content (AvgIpc) is 3.08. The molecule has 0 amide bonds. The molecule has 0 radical (unpaired) electrons. The van der Waals surface area contributed by atoms with Crippen molar-refractivity contribution < 1.29 is 4.42 Å². The molecule has 2 unspecified atom stereocenters. The van der Waals surface area contributed by atoms with Crippen molar-refractivity contribution in [2.75, 3.05) is 13.1 Å². The number of hydrogen-bond donors (Lipinski definition) is 0. The molecule has 4 heterocycles. The maximum absolute atomic E-state index is 5.53. The monoisotopic (exact) mass is 349 g/mol. The van der Waals surface area contributed by atoms with Gasteiger partial charge in [-0.05, 0) is 81.8 Å². The van der Waals surface area contributed by atoms with Crippen molar-refractivity contribution >= 4 is 11.1 Å². The SMILES string of the molecule is Cc1cc(CC2CCCN(C(C)c3cnc4ccoc4c3)C2)cc(C)n1. The van der Waals surface area contributed by atoms with Gasteiger partial charge in [-0.3, -0.25) is 14.9 Å². The van der Waals surface area contributed by atoms with Gasteiger partial charge in [0, 0.05) is 36.2 Å². The minimum atomic E-state index is 0.362. The Bertz CT molecular complexity index is 881. The normalized spacial score (nSPS) is 19.7. The summed E-state index contributed by atoms with van der Waals surface area (Å²) in [6.07, 6.45) is 7.42. The van der Waals surface area contributed by atoms with Gasteiger partial charge in [0.25, 0.3) is 0 Å². The Balaban J connectivity index is 1.47. The largest absolute Gasteiger partial charge is 0.463 e. The molecule has 3 aromatic rings. The maximum atomic E-state index is 5.53. The number of likely N-dealkylation sites (tertiary alicyclic amines) is 1. The molecule has 3 aromatic heterocycles. The van der Waals surface area contributed by atoms with Crippen molar-refractivity contribution in [3.05, 3.63) is 59.2 Å². The summed E-state index contributed by atoms with van der Waals surface area (Å²) in [6, 6.07) is 8.90. The van der Waals surface area contributed by atoms with Crippen LogP contribution in [0, 0.1) is 19.8 Å². The number of fused-ring (bicyclic) bond motifs is 1. The first-order chi connectivity index (χ1) is 12.6. The van der Waals surface area contributed by atoms with E-state index in [1.807, 2.05) is 12.3 Å². The first-order valence-electron chi connectivity index (χ1n) is 9.60. The third kappa shape index (κ3) is 3.65. The van der Waals surface area contributed by atoms with E-state index in [0.29, 0.717) is 12.0 Å². The molecule has 4 heteroatoms. The number of hydrogen-bond acceptors (Lipinski definition) is 4. The van der Waals surface area contributed by atoms with Gasteiger partial charge in [-0.2, -0.15) is 0 Å². The van der Waals surface area contributed by atoms with Gasteiger partial charge < -0.3 is 4.42 Å². The van der Waals surface area contributed by atoms with Crippen LogP contribution in [-0.4, -0.2) is 28.0 Å². The quantitative estimate of drug-likeness (QED) is 0.675. The Labute approximate surface area is 155 Å². The van der Waals surface area contributed by atoms with Gasteiger partial charge in [-0.15, -0.1) is 0 Å². The van der Waals surface area contributed by atoms with Crippen LogP contribution in [0.3, 0.4) is 0 Å². The lowest BCUT2D eigenvalue weighted by molar-refractivity contribution is 0.131. The van der Waals surface area contributed by atoms with E-state index in [0.717, 1.165) is 42.0 Å². The summed E-state index contributed by atoms with van der Waals surface area (Å²) < 4.78 is 5.53. The van der Waals surface area contributed by atoms with Crippen LogP contribution >= 0.6 is 0 Å². The van der Waals surface area contributed by atoms with E-state index in [1.54, 1.807) is 6.26 Å². The van der Waals surface area contributed by atoms with E-state index in [4.69, 9.17) is 4.42 Å². The lowest BCUT2D eigenvalue weighted by Gasteiger charge is -2.37. The molecule has 0 aromatic carbocycles. The van der Waals surface area contributed by atoms with E-state index in [1.165, 1.54) is 24.0 Å². The molecule has 1 fully saturated rings. The molecule has 0 saturated carbocycles. The van der Waals surface area contributed by atoms with Crippen LogP contribution in [0.1, 0.15) is 48.3 Å². The Morgan fingerprint density at radius 2 is 2.04 bits per heavy atom. The Morgan fingerprint density at radius 3 is 2.85 bits per heavy atom. The number of pyridine rings is 2. The molecule has 4 rings (SSSR count). The first-order valence-corrected chi connectivity index (χ1v) is 9.60. The molecule has 0 bridgehead atoms. The van der Waals surface area contributed by atoms with Crippen molar-refractivity contribution in [1.29, 1.82) is 0 Å². The number of furan rings is 1. The van der Waals surface area contributed by atoms with Crippen LogP contribution in [0.4, 0.5) is 0 Å². The van der Waals surface area contributed by atoms with E-state index in [-0.39, 0.29) is 0 Å². The summed E-state index contributed by atoms with van der Waals surface area (Å²) in [5, 5.41) is 0. The minimum absolute atomic E-state index is 0.362. The molecule has 0 aliphatic carbocycles. The third-order valence-corrected chi connectivity index (χ3v) is 5.57. The molecule has 1 aliphatic rings. The number of aryl methyl sites for hydroxylation is 2. The summed E-state index contributed by atoms with van der Waals surface area (Å²) in [4.78, 5) is 11.6. The summed E-state index contributed by atoms with van der Waals surface area (Å²) >= 11 is 0. The summed E-state index contributed by atoms with van der Waals surface area (Å²) in [5.41, 5.74) is 6.72. The van der Waals surface area contributed by atoms with Crippen molar-refractivity contribution in [2.24, 2.45) is 5.92 Å². The second-order valence-electron chi connectivity index (χ2n) is 7.71. The number of nitrogens with zero attached hydrogens (tertiary/aromatic N) is 3. The van der Waals surface area contributed by atoms with Crippen LogP contribution in [0.15, 0.2) is 41.1 Å². The van der Waals surface area contributed by atoms with Gasteiger partial charge in [0.15, 0.2) is 5.58 Å². The van der Waals surface area contributed by atoms with Crippen LogP contribution in [0.2, 0.25) is 0 Å². The van der Waals surface area contributed by atoms with Gasteiger partial charge in [0.1, 0.15) is 5.52 Å². The predicted molar refractivity (Wildman–Crippen MR) is 104 cm³/mol. The molecule has 26 heavy (non-hydrogen) atoms. The zero-order chi connectivity index (χ0) is 18.1. The van der Waals surface area contributed by atoms with E-state index < -0.39 is 0 Å². The topological polar surface area (TPSA) is 42.2 Å². The van der Waals surface area contributed by atoms with Gasteiger partial charge in [0.05, 0.1) is 6.26 Å². The molecule has 1 aliphatic heterocycles. The highest BCUT2D eigenvalue weighted by Gasteiger charge is 2.25. The van der Waals surface area contributed by atoms with Crippen LogP contribution in [0.5, 0.6) is 0 Å². The van der Waals surface area contributed by atoms with Gasteiger partial charge in [-0.25, -0.2) is 0 Å². The number of piperidine rings is 1. The zero-order valence-electron chi connectivity index (χ0n) is 15.9. The van der Waals surface area contributed by atoms with Crippen molar-refractivity contribution in [3.8, 4) is 0 Å². The van der Waals surface area contributed by atoms with Crippen molar-refractivity contribution in [2.45, 2.75) is 46.1 Å². The standard InChI is InChI=1S/C22H27N3O/c1-15-9-19(10-16(2)24-15)11-18-5-4-7-25(14-18)17(3)20-12-22-21(23-13-20)6-8-26-22/h6,8-10,12-13,17-18H,4-5,7,11,14H2,1-3H3. The lowest BCUT2D eigenvalue weighted by atomic mass is 9.90. The van der Waals surface area contributed by atoms with Gasteiger partial charge in [-0.1, -0.05) is 0 Å². The predicted octanol–water partition coefficient (Wildman–Crippen LogP) is 4.86. The second-order valence-corrected chi connectivity index (χ2v) is 7.71. The smallest absolute Gasteiger partial charge is 0.152 e. The van der Waals surface area contributed by atoms with E-state index in [2.05, 4.69) is 53.8 Å². The fourth-order valence-corrected chi connectivity index (χ4v) is 4.29. The molecule has 0 spiro atoms. The average molecular weight is 349 g/mol. The number of rotatable bonds is 4. The van der Waals surface area contributed by atoms with Crippen LogP contribution in [-0.2, 0) is 6.42 Å². The number of aromatic nitrogens is 2. The highest BCUT2D eigenvalue weighted by Crippen LogP contribution is 2.29. The Morgan fingerprint density at radius 1 is 1.23 bits per heavy atom. The molecule has 2 atom stereocenters. The van der Waals surface area contributed by atoms with E-state index >= 15 is 0 Å². The Kier molecular flexibility index (Phi) is 4.77. The fourth-order valence-electron chi connectivity index (χ4n) is 4.29. The lowest BCUT2D eigenvalue weighted by Crippen LogP contribution is -2.38. The third-order valence-electron chi connectivity index (χ3n) is 5.57. The zero-order valence-corrected chi connectivity index (χ0v) is 15.9. The molecule has 1 saturated heterocycles. The van der Waals surface area contributed by atoms with Gasteiger partial charge >= 0.3 is 0 Å². The summed E-state index contributed by atoms with van der Waals surface area (Å²) in [6.45, 7) is 8.75. The molecular formula is C22H27N3O. The molecule has 0 N–H and O–H groups in total. The highest BCUT2D eigenvalue weighted by atomic mass is 16.3. The van der Waals surface area contributed by atoms with E-state index in [9.17, 15) is 0 Å². The van der Waals surface area contributed by atoms with Crippen LogP contribution in [0.25, 0.3) is 11.1 Å². The second kappa shape index (κ2) is 7.20. The highest BCUT2D eigenvalue weighted by molar-refractivity contribution is 5.72. The van der Waals surface area contributed by atoms with Crippen molar-refractivity contribution in [1.82, 2.24) is 14.9 Å². The fraction of sp³-hybridized carbons (Fsp3) is 0.455. The minimum Gasteiger partial charge on any atom is -0.463 e. The van der Waals surface area contributed by atoms with Crippen LogP contribution < -0.4 is 0 Å². The first kappa shape index (κ1) is 17.2. The van der Waals surface area contributed by atoms with Gasteiger partial charge in [0.2, 0.25) is 0 Å². The summed E-state index contributed by atoms with van der Waals surface area (Å²) in [7, 11) is 0. The molecule has 4 nitrogen and oxygen atoms in total.